The minimum absolute atomic E-state index is 0. The first-order chi connectivity index (χ1) is 19.3. The van der Waals surface area contributed by atoms with Crippen LogP contribution in [0, 0.1) is 0 Å². The van der Waals surface area contributed by atoms with Crippen LogP contribution in [0.2, 0.25) is 0 Å². The summed E-state index contributed by atoms with van der Waals surface area (Å²) in [7, 11) is -2.93. The summed E-state index contributed by atoms with van der Waals surface area (Å²) in [5.41, 5.74) is 4.51. The molecular weight excluding hydrogens is 560 g/mol. The molecule has 12 heteroatoms. The summed E-state index contributed by atoms with van der Waals surface area (Å²) in [6.45, 7) is 3.50. The molecule has 2 atom stereocenters. The third kappa shape index (κ3) is 39.4. The molecule has 0 saturated carbocycles. The fraction of sp³-hybridized carbons (Fsp3) is 0.897. The molecule has 0 aliphatic carbocycles. The number of carbonyl (C=O) groups excluding carboxylic acids is 3. The first-order valence-electron chi connectivity index (χ1n) is 15.3. The average molecular weight is 617 g/mol. The van der Waals surface area contributed by atoms with E-state index in [1.54, 1.807) is 0 Å². The summed E-state index contributed by atoms with van der Waals surface area (Å²) in [5, 5.41) is 9.40. The SMILES string of the molecule is CCCCCCCCCCCC(=O)OC[C@H](CO)OC(=O)CCCCCCCCCCC.NC(=O)CO[P+](=O)[O-].[Na+]. The number of ether oxygens (including phenoxy) is 2. The van der Waals surface area contributed by atoms with Crippen LogP contribution in [0.3, 0.4) is 0 Å². The molecule has 0 spiro atoms. The number of nitrogens with two attached hydrogens (primary N) is 1. The molecule has 0 fully saturated rings. The summed E-state index contributed by atoms with van der Waals surface area (Å²) < 4.78 is 23.7. The first kappa shape index (κ1) is 44.8. The fourth-order valence-corrected chi connectivity index (χ4v) is 4.14. The zero-order chi connectivity index (χ0) is 30.3. The molecule has 0 aromatic rings. The molecule has 0 aromatic carbocycles. The monoisotopic (exact) mass is 616 g/mol. The van der Waals surface area contributed by atoms with Gasteiger partial charge in [-0.2, -0.15) is 0 Å². The van der Waals surface area contributed by atoms with Crippen LogP contribution in [-0.4, -0.2) is 48.9 Å². The van der Waals surface area contributed by atoms with Gasteiger partial charge in [-0.05, 0) is 17.4 Å². The summed E-state index contributed by atoms with van der Waals surface area (Å²) in [4.78, 5) is 43.1. The van der Waals surface area contributed by atoms with E-state index < -0.39 is 26.9 Å². The van der Waals surface area contributed by atoms with Gasteiger partial charge in [0.1, 0.15) is 6.61 Å². The number of aliphatic hydroxyl groups excluding tert-OH is 1. The molecule has 0 aliphatic rings. The van der Waals surface area contributed by atoms with Gasteiger partial charge in [-0.1, -0.05) is 117 Å². The maximum atomic E-state index is 11.9. The van der Waals surface area contributed by atoms with E-state index in [2.05, 4.69) is 24.1 Å². The van der Waals surface area contributed by atoms with Crippen molar-refractivity contribution in [1.29, 1.82) is 0 Å². The van der Waals surface area contributed by atoms with Gasteiger partial charge in [-0.3, -0.25) is 14.4 Å². The van der Waals surface area contributed by atoms with Crippen LogP contribution in [0.25, 0.3) is 0 Å². The van der Waals surface area contributed by atoms with Crippen LogP contribution in [0.5, 0.6) is 0 Å². The molecule has 10 nitrogen and oxygen atoms in total. The van der Waals surface area contributed by atoms with Gasteiger partial charge < -0.3 is 25.2 Å². The van der Waals surface area contributed by atoms with Crippen LogP contribution in [0.4, 0.5) is 0 Å². The normalized spacial score (nSPS) is 11.5. The Hall–Kier alpha value is -0.610. The summed E-state index contributed by atoms with van der Waals surface area (Å²) in [5.74, 6) is -1.40. The standard InChI is InChI=1S/C27H52O5.C2H4NO4P.Na/c1-3-5-7-9-11-13-15-17-19-21-26(29)31-24-25(23-28)32-27(30)22-20-18-16-14-12-10-8-6-4-2;3-2(4)1-7-8(5)6;/h25,28H,3-24H2,1-2H3;1H2,(H2,3,4);/q;;+1/t25-;;/m0../s1. The molecule has 0 aliphatic heterocycles. The van der Waals surface area contributed by atoms with Gasteiger partial charge in [0.25, 0.3) is 0 Å². The topological polar surface area (TPSA) is 165 Å². The number of hydrogen-bond acceptors (Lipinski definition) is 9. The molecule has 0 radical (unpaired) electrons. The molecule has 1 unspecified atom stereocenters. The van der Waals surface area contributed by atoms with Gasteiger partial charge >= 0.3 is 49.8 Å². The molecule has 0 heterocycles. The van der Waals surface area contributed by atoms with E-state index >= 15 is 0 Å². The number of esters is 2. The van der Waals surface area contributed by atoms with E-state index in [1.807, 2.05) is 0 Å². The van der Waals surface area contributed by atoms with Gasteiger partial charge in [-0.25, -0.2) is 0 Å². The second kappa shape index (κ2) is 35.6. The Labute approximate surface area is 271 Å². The zero-order valence-corrected chi connectivity index (χ0v) is 29.0. The van der Waals surface area contributed by atoms with Crippen molar-refractivity contribution < 1.29 is 72.5 Å². The quantitative estimate of drug-likeness (QED) is 0.0611. The second-order valence-corrected chi connectivity index (χ2v) is 10.8. The van der Waals surface area contributed by atoms with Crippen molar-refractivity contribution in [2.75, 3.05) is 19.8 Å². The molecule has 1 amide bonds. The van der Waals surface area contributed by atoms with Crippen molar-refractivity contribution in [3.05, 3.63) is 0 Å². The van der Waals surface area contributed by atoms with Gasteiger partial charge in [0, 0.05) is 12.8 Å². The Morgan fingerprint density at radius 1 is 0.732 bits per heavy atom. The van der Waals surface area contributed by atoms with Crippen molar-refractivity contribution >= 4 is 26.1 Å². The van der Waals surface area contributed by atoms with Crippen molar-refractivity contribution in [3.8, 4) is 0 Å². The van der Waals surface area contributed by atoms with Crippen molar-refractivity contribution in [1.82, 2.24) is 0 Å². The van der Waals surface area contributed by atoms with Crippen LogP contribution in [0.15, 0.2) is 0 Å². The van der Waals surface area contributed by atoms with Crippen LogP contribution >= 0.6 is 8.25 Å². The van der Waals surface area contributed by atoms with E-state index in [-0.39, 0.29) is 54.7 Å². The van der Waals surface area contributed by atoms with Crippen molar-refractivity contribution in [2.45, 2.75) is 148 Å². The second-order valence-electron chi connectivity index (χ2n) is 10.1. The van der Waals surface area contributed by atoms with Gasteiger partial charge in [0.15, 0.2) is 12.7 Å². The third-order valence-corrected chi connectivity index (χ3v) is 6.55. The van der Waals surface area contributed by atoms with Crippen LogP contribution in [-0.2, 0) is 32.9 Å². The van der Waals surface area contributed by atoms with Crippen molar-refractivity contribution in [3.63, 3.8) is 0 Å². The summed E-state index contributed by atoms with van der Waals surface area (Å²) in [6.07, 6.45) is 21.5. The maximum Gasteiger partial charge on any atom is 1.00 e. The molecular formula is C29H56NNaO9P+. The van der Waals surface area contributed by atoms with Gasteiger partial charge in [0.05, 0.1) is 6.61 Å². The molecule has 0 bridgehead atoms. The van der Waals surface area contributed by atoms with Crippen LogP contribution in [0.1, 0.15) is 142 Å². The molecule has 0 aromatic heterocycles. The Balaban J connectivity index is -0.00000139. The molecule has 236 valence electrons. The van der Waals surface area contributed by atoms with Crippen LogP contribution < -0.4 is 40.2 Å². The smallest absolute Gasteiger partial charge is 0.566 e. The van der Waals surface area contributed by atoms with E-state index in [0.29, 0.717) is 12.8 Å². The summed E-state index contributed by atoms with van der Waals surface area (Å²) >= 11 is 0. The molecule has 41 heavy (non-hydrogen) atoms. The van der Waals surface area contributed by atoms with Gasteiger partial charge in [0.2, 0.25) is 5.91 Å². The number of hydrogen-bond donors (Lipinski definition) is 2. The molecule has 3 N–H and O–H groups in total. The number of aliphatic hydroxyl groups is 1. The summed E-state index contributed by atoms with van der Waals surface area (Å²) in [6, 6.07) is 0. The van der Waals surface area contributed by atoms with E-state index in [9.17, 15) is 28.9 Å². The molecule has 0 saturated heterocycles. The van der Waals surface area contributed by atoms with E-state index in [4.69, 9.17) is 9.47 Å². The predicted octanol–water partition coefficient (Wildman–Crippen LogP) is 2.79. The zero-order valence-electron chi connectivity index (χ0n) is 26.1. The first-order valence-corrected chi connectivity index (χ1v) is 16.4. The Bertz CT molecular complexity index is 627. The number of primary amides is 1. The number of amides is 1. The Morgan fingerprint density at radius 3 is 1.46 bits per heavy atom. The minimum atomic E-state index is -2.93. The maximum absolute atomic E-state index is 11.9. The Kier molecular flexibility index (Phi) is 38.9. The minimum Gasteiger partial charge on any atom is -0.566 e. The Morgan fingerprint density at radius 2 is 1.12 bits per heavy atom. The molecule has 0 rings (SSSR count). The largest absolute Gasteiger partial charge is 1.00 e. The third-order valence-electron chi connectivity index (χ3n) is 6.21. The van der Waals surface area contributed by atoms with Gasteiger partial charge in [-0.15, -0.1) is 4.52 Å². The predicted molar refractivity (Wildman–Crippen MR) is 154 cm³/mol. The fourth-order valence-electron chi connectivity index (χ4n) is 3.90. The van der Waals surface area contributed by atoms with Crippen molar-refractivity contribution in [2.24, 2.45) is 5.73 Å². The average Bonchev–Trinajstić information content (AvgIpc) is 2.92. The number of carbonyl (C=O) groups is 3. The number of unbranched alkanes of at least 4 members (excludes halogenated alkanes) is 16. The van der Waals surface area contributed by atoms with E-state index in [0.717, 1.165) is 38.5 Å². The number of rotatable bonds is 27. The van der Waals surface area contributed by atoms with E-state index in [1.165, 1.54) is 77.0 Å².